The van der Waals surface area contributed by atoms with Gasteiger partial charge in [-0.1, -0.05) is 12.1 Å². The van der Waals surface area contributed by atoms with Gasteiger partial charge in [0.15, 0.2) is 11.5 Å². The lowest BCUT2D eigenvalue weighted by Crippen LogP contribution is -2.38. The first-order valence-electron chi connectivity index (χ1n) is 8.48. The van der Waals surface area contributed by atoms with Gasteiger partial charge in [-0.3, -0.25) is 9.78 Å². The molecule has 6 nitrogen and oxygen atoms in total. The van der Waals surface area contributed by atoms with Crippen LogP contribution in [0, 0.1) is 0 Å². The molecule has 0 N–H and O–H groups in total. The Labute approximate surface area is 146 Å². The SMILES string of the molecule is O=C([C@H]1CCCO1)N(Cc1ccc2c(c1)OCO2)Cc1ccccn1. The van der Waals surface area contributed by atoms with Crippen molar-refractivity contribution >= 4 is 5.91 Å². The van der Waals surface area contributed by atoms with Gasteiger partial charge in [-0.2, -0.15) is 0 Å². The van der Waals surface area contributed by atoms with Gasteiger partial charge < -0.3 is 19.1 Å². The lowest BCUT2D eigenvalue weighted by molar-refractivity contribution is -0.142. The quantitative estimate of drug-likeness (QED) is 0.837. The predicted octanol–water partition coefficient (Wildman–Crippen LogP) is 2.52. The van der Waals surface area contributed by atoms with Gasteiger partial charge in [0.25, 0.3) is 5.91 Å². The van der Waals surface area contributed by atoms with Crippen molar-refractivity contribution in [3.05, 3.63) is 53.9 Å². The highest BCUT2D eigenvalue weighted by Gasteiger charge is 2.29. The molecule has 3 heterocycles. The van der Waals surface area contributed by atoms with E-state index < -0.39 is 0 Å². The van der Waals surface area contributed by atoms with Crippen LogP contribution in [0.2, 0.25) is 0 Å². The molecule has 6 heteroatoms. The van der Waals surface area contributed by atoms with Crippen molar-refractivity contribution in [1.29, 1.82) is 0 Å². The van der Waals surface area contributed by atoms with Crippen LogP contribution in [0.1, 0.15) is 24.1 Å². The average molecular weight is 340 g/mol. The zero-order chi connectivity index (χ0) is 17.1. The molecule has 2 aliphatic rings. The lowest BCUT2D eigenvalue weighted by atomic mass is 10.1. The van der Waals surface area contributed by atoms with E-state index in [1.54, 1.807) is 11.1 Å². The van der Waals surface area contributed by atoms with Crippen molar-refractivity contribution in [1.82, 2.24) is 9.88 Å². The summed E-state index contributed by atoms with van der Waals surface area (Å²) in [6.45, 7) is 1.82. The Morgan fingerprint density at radius 3 is 2.88 bits per heavy atom. The van der Waals surface area contributed by atoms with Crippen LogP contribution in [0.25, 0.3) is 0 Å². The van der Waals surface area contributed by atoms with Crippen LogP contribution >= 0.6 is 0 Å². The molecular formula is C19H20N2O4. The summed E-state index contributed by atoms with van der Waals surface area (Å²) < 4.78 is 16.4. The number of pyridine rings is 1. The maximum Gasteiger partial charge on any atom is 0.252 e. The Kier molecular flexibility index (Phi) is 4.52. The normalized spacial score (nSPS) is 18.3. The van der Waals surface area contributed by atoms with Crippen LogP contribution in [0.5, 0.6) is 11.5 Å². The Hall–Kier alpha value is -2.60. The summed E-state index contributed by atoms with van der Waals surface area (Å²) in [6, 6.07) is 11.5. The van der Waals surface area contributed by atoms with Gasteiger partial charge in [0.1, 0.15) is 6.10 Å². The Bertz CT molecular complexity index is 744. The molecule has 0 aliphatic carbocycles. The van der Waals surface area contributed by atoms with Crippen LogP contribution in [-0.4, -0.2) is 35.3 Å². The van der Waals surface area contributed by atoms with Crippen LogP contribution < -0.4 is 9.47 Å². The molecule has 0 radical (unpaired) electrons. The van der Waals surface area contributed by atoms with E-state index in [1.807, 2.05) is 36.4 Å². The van der Waals surface area contributed by atoms with Crippen molar-refractivity contribution in [2.24, 2.45) is 0 Å². The van der Waals surface area contributed by atoms with Crippen molar-refractivity contribution < 1.29 is 19.0 Å². The first kappa shape index (κ1) is 15.9. The minimum absolute atomic E-state index is 0.0146. The average Bonchev–Trinajstić information content (AvgIpc) is 3.33. The molecular weight excluding hydrogens is 320 g/mol. The number of nitrogens with zero attached hydrogens (tertiary/aromatic N) is 2. The zero-order valence-electron chi connectivity index (χ0n) is 13.9. The molecule has 1 aromatic heterocycles. The number of carbonyl (C=O) groups is 1. The third-order valence-corrected chi connectivity index (χ3v) is 4.41. The molecule has 1 fully saturated rings. The van der Waals surface area contributed by atoms with Gasteiger partial charge >= 0.3 is 0 Å². The molecule has 1 saturated heterocycles. The smallest absolute Gasteiger partial charge is 0.252 e. The number of fused-ring (bicyclic) bond motifs is 1. The Balaban J connectivity index is 1.54. The van der Waals surface area contributed by atoms with E-state index >= 15 is 0 Å². The fourth-order valence-corrected chi connectivity index (χ4v) is 3.13. The topological polar surface area (TPSA) is 60.9 Å². The third kappa shape index (κ3) is 3.58. The van der Waals surface area contributed by atoms with E-state index in [0.29, 0.717) is 19.7 Å². The van der Waals surface area contributed by atoms with Gasteiger partial charge in [0, 0.05) is 19.3 Å². The van der Waals surface area contributed by atoms with E-state index in [9.17, 15) is 4.79 Å². The van der Waals surface area contributed by atoms with Gasteiger partial charge in [0.2, 0.25) is 6.79 Å². The largest absolute Gasteiger partial charge is 0.454 e. The highest BCUT2D eigenvalue weighted by molar-refractivity contribution is 5.81. The maximum absolute atomic E-state index is 12.9. The highest BCUT2D eigenvalue weighted by Crippen LogP contribution is 2.33. The lowest BCUT2D eigenvalue weighted by Gasteiger charge is -2.25. The maximum atomic E-state index is 12.9. The molecule has 2 aromatic rings. The third-order valence-electron chi connectivity index (χ3n) is 4.41. The molecule has 2 aliphatic heterocycles. The summed E-state index contributed by atoms with van der Waals surface area (Å²) in [4.78, 5) is 19.1. The molecule has 0 unspecified atom stereocenters. The summed E-state index contributed by atoms with van der Waals surface area (Å²) in [7, 11) is 0. The Morgan fingerprint density at radius 2 is 2.08 bits per heavy atom. The van der Waals surface area contributed by atoms with Gasteiger partial charge in [-0.15, -0.1) is 0 Å². The monoisotopic (exact) mass is 340 g/mol. The van der Waals surface area contributed by atoms with Gasteiger partial charge in [0.05, 0.1) is 12.2 Å². The highest BCUT2D eigenvalue weighted by atomic mass is 16.7. The van der Waals surface area contributed by atoms with Crippen LogP contribution in [0.15, 0.2) is 42.6 Å². The number of hydrogen-bond acceptors (Lipinski definition) is 5. The Morgan fingerprint density at radius 1 is 1.16 bits per heavy atom. The standard InChI is InChI=1S/C19H20N2O4/c22-19(17-5-3-9-23-17)21(12-15-4-1-2-8-20-15)11-14-6-7-16-18(10-14)25-13-24-16/h1-2,4,6-8,10,17H,3,5,9,11-13H2/t17-/m1/s1. The molecule has 1 atom stereocenters. The number of aromatic nitrogens is 1. The summed E-state index contributed by atoms with van der Waals surface area (Å²) in [5, 5.41) is 0. The van der Waals surface area contributed by atoms with E-state index in [-0.39, 0.29) is 18.8 Å². The second-order valence-corrected chi connectivity index (χ2v) is 6.20. The number of amides is 1. The minimum atomic E-state index is -0.349. The van der Waals surface area contributed by atoms with Crippen molar-refractivity contribution in [2.45, 2.75) is 32.0 Å². The predicted molar refractivity (Wildman–Crippen MR) is 90.0 cm³/mol. The minimum Gasteiger partial charge on any atom is -0.454 e. The number of ether oxygens (including phenoxy) is 3. The second-order valence-electron chi connectivity index (χ2n) is 6.20. The molecule has 25 heavy (non-hydrogen) atoms. The molecule has 130 valence electrons. The van der Waals surface area contributed by atoms with E-state index in [2.05, 4.69) is 4.98 Å². The number of rotatable bonds is 5. The number of hydrogen-bond donors (Lipinski definition) is 0. The van der Waals surface area contributed by atoms with Gasteiger partial charge in [-0.25, -0.2) is 0 Å². The second kappa shape index (κ2) is 7.11. The van der Waals surface area contributed by atoms with Gasteiger partial charge in [-0.05, 0) is 42.7 Å². The fourth-order valence-electron chi connectivity index (χ4n) is 3.13. The fraction of sp³-hybridized carbons (Fsp3) is 0.368. The molecule has 0 saturated carbocycles. The van der Waals surface area contributed by atoms with Crippen LogP contribution in [-0.2, 0) is 22.6 Å². The molecule has 1 amide bonds. The summed E-state index contributed by atoms with van der Waals surface area (Å²) in [5.41, 5.74) is 1.85. The molecule has 0 spiro atoms. The molecule has 0 bridgehead atoms. The van der Waals surface area contributed by atoms with E-state index in [1.165, 1.54) is 0 Å². The molecule has 4 rings (SSSR count). The summed E-state index contributed by atoms with van der Waals surface area (Å²) in [5.74, 6) is 1.48. The van der Waals surface area contributed by atoms with Crippen molar-refractivity contribution in [2.75, 3.05) is 13.4 Å². The van der Waals surface area contributed by atoms with Crippen LogP contribution in [0.3, 0.4) is 0 Å². The van der Waals surface area contributed by atoms with Crippen LogP contribution in [0.4, 0.5) is 0 Å². The van der Waals surface area contributed by atoms with Crippen molar-refractivity contribution in [3.63, 3.8) is 0 Å². The first-order valence-corrected chi connectivity index (χ1v) is 8.48. The summed E-state index contributed by atoms with van der Waals surface area (Å²) in [6.07, 6.45) is 3.10. The molecule has 1 aromatic carbocycles. The summed E-state index contributed by atoms with van der Waals surface area (Å²) >= 11 is 0. The van der Waals surface area contributed by atoms with Crippen molar-refractivity contribution in [3.8, 4) is 11.5 Å². The first-order chi connectivity index (χ1) is 12.3. The van der Waals surface area contributed by atoms with E-state index in [0.717, 1.165) is 35.6 Å². The number of carbonyl (C=O) groups excluding carboxylic acids is 1. The number of benzene rings is 1. The zero-order valence-corrected chi connectivity index (χ0v) is 13.9. The van der Waals surface area contributed by atoms with E-state index in [4.69, 9.17) is 14.2 Å².